The molecule has 7 heteroatoms. The highest BCUT2D eigenvalue weighted by Crippen LogP contribution is 2.16. The van der Waals surface area contributed by atoms with E-state index in [1.165, 1.54) is 11.7 Å². The summed E-state index contributed by atoms with van der Waals surface area (Å²) in [5.74, 6) is -0.0644. The summed E-state index contributed by atoms with van der Waals surface area (Å²) in [5, 5.41) is 0. The van der Waals surface area contributed by atoms with Crippen LogP contribution in [0.25, 0.3) is 11.0 Å². The largest absolute Gasteiger partial charge is 0.337 e. The van der Waals surface area contributed by atoms with Gasteiger partial charge in [-0.05, 0) is 35.7 Å². The Kier molecular flexibility index (Phi) is 4.67. The normalized spacial score (nSPS) is 11.2. The smallest absolute Gasteiger partial charge is 0.263 e. The minimum atomic E-state index is -0.285. The van der Waals surface area contributed by atoms with Crippen LogP contribution in [0.5, 0.6) is 0 Å². The van der Waals surface area contributed by atoms with Crippen LogP contribution in [0.2, 0.25) is 0 Å². The highest BCUT2D eigenvalue weighted by molar-refractivity contribution is 7.00. The lowest BCUT2D eigenvalue weighted by Gasteiger charge is -2.19. The predicted molar refractivity (Wildman–Crippen MR) is 99.0 cm³/mol. The van der Waals surface area contributed by atoms with Crippen LogP contribution in [0.1, 0.15) is 41.4 Å². The van der Waals surface area contributed by atoms with Crippen LogP contribution in [-0.2, 0) is 13.6 Å². The predicted octanol–water partition coefficient (Wildman–Crippen LogP) is 2.79. The lowest BCUT2D eigenvalue weighted by Crippen LogP contribution is -2.34. The quantitative estimate of drug-likeness (QED) is 0.721. The van der Waals surface area contributed by atoms with Crippen LogP contribution in [0.3, 0.4) is 0 Å². The summed E-state index contributed by atoms with van der Waals surface area (Å²) in [6.07, 6.45) is 0. The molecule has 0 fully saturated rings. The highest BCUT2D eigenvalue weighted by atomic mass is 32.1. The Balaban J connectivity index is 1.85. The van der Waals surface area contributed by atoms with E-state index in [2.05, 4.69) is 8.75 Å². The summed E-state index contributed by atoms with van der Waals surface area (Å²) < 4.78 is 9.94. The molecule has 0 saturated heterocycles. The molecule has 0 aliphatic heterocycles. The second kappa shape index (κ2) is 6.76. The summed E-state index contributed by atoms with van der Waals surface area (Å²) in [4.78, 5) is 26.8. The molecular formula is C18H20N4O2S. The third kappa shape index (κ3) is 3.32. The minimum Gasteiger partial charge on any atom is -0.337 e. The van der Waals surface area contributed by atoms with Crippen molar-refractivity contribution >= 4 is 28.7 Å². The Bertz CT molecular complexity index is 990. The van der Waals surface area contributed by atoms with Crippen molar-refractivity contribution in [2.45, 2.75) is 26.3 Å². The summed E-state index contributed by atoms with van der Waals surface area (Å²) in [6.45, 7) is 4.44. The lowest BCUT2D eigenvalue weighted by molar-refractivity contribution is 0.0782. The maximum Gasteiger partial charge on any atom is 0.263 e. The molecule has 0 unspecified atom stereocenters. The zero-order valence-corrected chi connectivity index (χ0v) is 15.5. The zero-order valence-electron chi connectivity index (χ0n) is 14.7. The second-order valence-electron chi connectivity index (χ2n) is 6.44. The van der Waals surface area contributed by atoms with Crippen LogP contribution in [0.15, 0.2) is 35.1 Å². The SMILES string of the molecule is CC(C)c1ccc(C(=O)N(C)Cc2ccc3nsnc3c2)c(=O)n1C. The number of hydrogen-bond acceptors (Lipinski definition) is 5. The molecular weight excluding hydrogens is 336 g/mol. The van der Waals surface area contributed by atoms with Gasteiger partial charge in [-0.15, -0.1) is 0 Å². The molecule has 130 valence electrons. The first kappa shape index (κ1) is 17.3. The van der Waals surface area contributed by atoms with Gasteiger partial charge in [0, 0.05) is 26.3 Å². The third-order valence-electron chi connectivity index (χ3n) is 4.25. The van der Waals surface area contributed by atoms with Crippen molar-refractivity contribution in [3.8, 4) is 0 Å². The fraction of sp³-hybridized carbons (Fsp3) is 0.333. The number of pyridine rings is 1. The second-order valence-corrected chi connectivity index (χ2v) is 6.97. The van der Waals surface area contributed by atoms with E-state index in [9.17, 15) is 9.59 Å². The summed E-state index contributed by atoms with van der Waals surface area (Å²) in [5.41, 5.74) is 3.45. The number of carbonyl (C=O) groups excluding carboxylic acids is 1. The lowest BCUT2D eigenvalue weighted by atomic mass is 10.1. The topological polar surface area (TPSA) is 68.1 Å². The molecule has 6 nitrogen and oxygen atoms in total. The molecule has 1 aromatic carbocycles. The summed E-state index contributed by atoms with van der Waals surface area (Å²) >= 11 is 1.17. The number of benzene rings is 1. The van der Waals surface area contributed by atoms with E-state index in [1.54, 1.807) is 29.6 Å². The zero-order chi connectivity index (χ0) is 18.1. The minimum absolute atomic E-state index is 0.186. The molecule has 0 saturated carbocycles. The molecule has 0 radical (unpaired) electrons. The summed E-state index contributed by atoms with van der Waals surface area (Å²) in [6, 6.07) is 9.21. The Morgan fingerprint density at radius 1 is 1.20 bits per heavy atom. The monoisotopic (exact) mass is 356 g/mol. The van der Waals surface area contributed by atoms with Crippen LogP contribution in [0, 0.1) is 0 Å². The summed E-state index contributed by atoms with van der Waals surface area (Å²) in [7, 11) is 3.40. The highest BCUT2D eigenvalue weighted by Gasteiger charge is 2.18. The van der Waals surface area contributed by atoms with Crippen molar-refractivity contribution in [1.82, 2.24) is 18.2 Å². The van der Waals surface area contributed by atoms with Crippen molar-refractivity contribution in [3.63, 3.8) is 0 Å². The average molecular weight is 356 g/mol. The number of rotatable bonds is 4. The van der Waals surface area contributed by atoms with Crippen molar-refractivity contribution < 1.29 is 4.79 Å². The molecule has 0 atom stereocenters. The Hall–Kier alpha value is -2.54. The van der Waals surface area contributed by atoms with E-state index >= 15 is 0 Å². The molecule has 25 heavy (non-hydrogen) atoms. The Morgan fingerprint density at radius 2 is 1.92 bits per heavy atom. The van der Waals surface area contributed by atoms with E-state index in [4.69, 9.17) is 0 Å². The molecule has 0 bridgehead atoms. The van der Waals surface area contributed by atoms with Crippen LogP contribution < -0.4 is 5.56 Å². The van der Waals surface area contributed by atoms with Gasteiger partial charge in [0.15, 0.2) is 0 Å². The fourth-order valence-corrected chi connectivity index (χ4v) is 3.39. The van der Waals surface area contributed by atoms with Gasteiger partial charge in [0.05, 0.1) is 11.7 Å². The van der Waals surface area contributed by atoms with Gasteiger partial charge in [-0.25, -0.2) is 0 Å². The van der Waals surface area contributed by atoms with Crippen molar-refractivity contribution in [3.05, 3.63) is 57.5 Å². The van der Waals surface area contributed by atoms with E-state index in [-0.39, 0.29) is 22.9 Å². The third-order valence-corrected chi connectivity index (χ3v) is 4.81. The molecule has 0 N–H and O–H groups in total. The van der Waals surface area contributed by atoms with E-state index in [0.29, 0.717) is 6.54 Å². The molecule has 2 aromatic heterocycles. The van der Waals surface area contributed by atoms with Crippen LogP contribution in [0.4, 0.5) is 0 Å². The van der Waals surface area contributed by atoms with Gasteiger partial charge >= 0.3 is 0 Å². The number of aromatic nitrogens is 3. The van der Waals surface area contributed by atoms with Gasteiger partial charge in [0.25, 0.3) is 11.5 Å². The molecule has 3 aromatic rings. The van der Waals surface area contributed by atoms with Crippen molar-refractivity contribution in [2.75, 3.05) is 7.05 Å². The van der Waals surface area contributed by atoms with Crippen LogP contribution >= 0.6 is 11.7 Å². The molecule has 1 amide bonds. The van der Waals surface area contributed by atoms with Gasteiger partial charge in [-0.1, -0.05) is 19.9 Å². The Labute approximate surface area is 150 Å². The van der Waals surface area contributed by atoms with E-state index in [0.717, 1.165) is 22.3 Å². The standard InChI is InChI=1S/C18H20N4O2S/c1-11(2)16-8-6-13(18(24)22(16)4)17(23)21(3)10-12-5-7-14-15(9-12)20-25-19-14/h5-9,11H,10H2,1-4H3. The number of hydrogen-bond donors (Lipinski definition) is 0. The molecule has 0 aliphatic rings. The number of amides is 1. The molecule has 3 rings (SSSR count). The Morgan fingerprint density at radius 3 is 2.64 bits per heavy atom. The van der Waals surface area contributed by atoms with Crippen molar-refractivity contribution in [1.29, 1.82) is 0 Å². The molecule has 0 aliphatic carbocycles. The van der Waals surface area contributed by atoms with Crippen LogP contribution in [-0.4, -0.2) is 31.2 Å². The molecule has 0 spiro atoms. The number of carbonyl (C=O) groups is 1. The first-order valence-electron chi connectivity index (χ1n) is 8.05. The van der Waals surface area contributed by atoms with Gasteiger partial charge < -0.3 is 9.47 Å². The fourth-order valence-electron chi connectivity index (χ4n) is 2.87. The van der Waals surface area contributed by atoms with Gasteiger partial charge in [0.2, 0.25) is 0 Å². The van der Waals surface area contributed by atoms with Gasteiger partial charge in [0.1, 0.15) is 16.6 Å². The first-order chi connectivity index (χ1) is 11.9. The maximum absolute atomic E-state index is 12.7. The number of nitrogens with zero attached hydrogens (tertiary/aromatic N) is 4. The maximum atomic E-state index is 12.7. The first-order valence-corrected chi connectivity index (χ1v) is 8.78. The van der Waals surface area contributed by atoms with Gasteiger partial charge in [-0.2, -0.15) is 8.75 Å². The molecule has 2 heterocycles. The number of fused-ring (bicyclic) bond motifs is 1. The van der Waals surface area contributed by atoms with E-state index in [1.807, 2.05) is 38.1 Å². The van der Waals surface area contributed by atoms with E-state index < -0.39 is 0 Å². The van der Waals surface area contributed by atoms with Crippen molar-refractivity contribution in [2.24, 2.45) is 7.05 Å². The average Bonchev–Trinajstić information content (AvgIpc) is 3.04. The van der Waals surface area contributed by atoms with Gasteiger partial charge in [-0.3, -0.25) is 9.59 Å².